The van der Waals surface area contributed by atoms with Crippen molar-refractivity contribution < 1.29 is 9.53 Å². The van der Waals surface area contributed by atoms with E-state index in [0.29, 0.717) is 6.61 Å². The fourth-order valence-electron chi connectivity index (χ4n) is 1.73. The van der Waals surface area contributed by atoms with E-state index in [1.54, 1.807) is 6.92 Å². The lowest BCUT2D eigenvalue weighted by molar-refractivity contribution is -0.117. The number of nitrogens with two attached hydrogens (primary N) is 1. The normalized spacial score (nSPS) is 15.9. The Bertz CT molecular complexity index is 402. The van der Waals surface area contributed by atoms with Crippen LogP contribution in [0.25, 0.3) is 0 Å². The van der Waals surface area contributed by atoms with Gasteiger partial charge in [-0.1, -0.05) is 12.1 Å². The van der Waals surface area contributed by atoms with Crippen molar-refractivity contribution in [3.63, 3.8) is 0 Å². The number of nitrogens with one attached hydrogen (secondary N) is 1. The minimum atomic E-state index is -0.514. The van der Waals surface area contributed by atoms with Gasteiger partial charge < -0.3 is 15.8 Å². The fourth-order valence-corrected chi connectivity index (χ4v) is 1.73. The summed E-state index contributed by atoms with van der Waals surface area (Å²) in [6.07, 6.45) is 2.02. The Balaban J connectivity index is 2.24. The number of carbonyl (C=O) groups excluding carboxylic acids is 1. The molecule has 16 heavy (non-hydrogen) atoms. The van der Waals surface area contributed by atoms with Gasteiger partial charge in [0.1, 0.15) is 5.75 Å². The molecule has 1 aliphatic heterocycles. The van der Waals surface area contributed by atoms with E-state index >= 15 is 0 Å². The van der Waals surface area contributed by atoms with Crippen molar-refractivity contribution in [2.75, 3.05) is 11.9 Å². The lowest BCUT2D eigenvalue weighted by Crippen LogP contribution is -2.32. The summed E-state index contributed by atoms with van der Waals surface area (Å²) in [4.78, 5) is 11.5. The van der Waals surface area contributed by atoms with Crippen molar-refractivity contribution in [3.05, 3.63) is 23.8 Å². The number of rotatable bonds is 2. The second-order valence-electron chi connectivity index (χ2n) is 4.02. The van der Waals surface area contributed by atoms with E-state index in [9.17, 15) is 4.79 Å². The molecule has 4 nitrogen and oxygen atoms in total. The molecular formula is C12H16N2O2. The van der Waals surface area contributed by atoms with E-state index < -0.39 is 6.04 Å². The summed E-state index contributed by atoms with van der Waals surface area (Å²) >= 11 is 0. The smallest absolute Gasteiger partial charge is 0.241 e. The number of anilines is 1. The number of hydrogen-bond donors (Lipinski definition) is 2. The Morgan fingerprint density at radius 2 is 2.38 bits per heavy atom. The van der Waals surface area contributed by atoms with Gasteiger partial charge in [0.25, 0.3) is 0 Å². The van der Waals surface area contributed by atoms with E-state index in [0.717, 1.165) is 29.8 Å². The zero-order valence-electron chi connectivity index (χ0n) is 9.32. The highest BCUT2D eigenvalue weighted by molar-refractivity contribution is 5.95. The topological polar surface area (TPSA) is 64.4 Å². The van der Waals surface area contributed by atoms with Crippen LogP contribution < -0.4 is 15.8 Å². The average Bonchev–Trinajstić information content (AvgIpc) is 2.29. The average molecular weight is 220 g/mol. The molecule has 0 saturated carbocycles. The molecule has 0 bridgehead atoms. The largest absolute Gasteiger partial charge is 0.491 e. The molecule has 3 N–H and O–H groups in total. The van der Waals surface area contributed by atoms with Crippen molar-refractivity contribution in [1.29, 1.82) is 0 Å². The standard InChI is InChI=1S/C12H16N2O2/c1-8(13)12(15)14-10-6-2-4-9-5-3-7-16-11(9)10/h2,4,6,8H,3,5,7,13H2,1H3,(H,14,15). The van der Waals surface area contributed by atoms with Crippen LogP contribution in [0, 0.1) is 0 Å². The second-order valence-corrected chi connectivity index (χ2v) is 4.02. The SMILES string of the molecule is CC(N)C(=O)Nc1cccc2c1OCCC2. The van der Waals surface area contributed by atoms with Crippen molar-refractivity contribution in [2.24, 2.45) is 5.73 Å². The molecule has 1 amide bonds. The van der Waals surface area contributed by atoms with Gasteiger partial charge >= 0.3 is 0 Å². The summed E-state index contributed by atoms with van der Waals surface area (Å²) in [6.45, 7) is 2.36. The van der Waals surface area contributed by atoms with Crippen LogP contribution in [-0.4, -0.2) is 18.6 Å². The molecule has 1 aliphatic rings. The molecule has 1 atom stereocenters. The van der Waals surface area contributed by atoms with Crippen LogP contribution in [0.3, 0.4) is 0 Å². The maximum Gasteiger partial charge on any atom is 0.241 e. The first-order chi connectivity index (χ1) is 7.68. The van der Waals surface area contributed by atoms with Crippen LogP contribution in [0.1, 0.15) is 18.9 Å². The van der Waals surface area contributed by atoms with Crippen LogP contribution in [0.2, 0.25) is 0 Å². The monoisotopic (exact) mass is 220 g/mol. The molecule has 1 aromatic carbocycles. The summed E-state index contributed by atoms with van der Waals surface area (Å²) in [7, 11) is 0. The van der Waals surface area contributed by atoms with Gasteiger partial charge in [0, 0.05) is 0 Å². The lowest BCUT2D eigenvalue weighted by atomic mass is 10.1. The van der Waals surface area contributed by atoms with E-state index in [4.69, 9.17) is 10.5 Å². The Kier molecular flexibility index (Phi) is 3.10. The van der Waals surface area contributed by atoms with Crippen LogP contribution in [0.15, 0.2) is 18.2 Å². The first kappa shape index (κ1) is 11.0. The molecular weight excluding hydrogens is 204 g/mol. The molecule has 0 spiro atoms. The fraction of sp³-hybridized carbons (Fsp3) is 0.417. The van der Waals surface area contributed by atoms with E-state index in [2.05, 4.69) is 5.32 Å². The van der Waals surface area contributed by atoms with Crippen LogP contribution in [-0.2, 0) is 11.2 Å². The van der Waals surface area contributed by atoms with Crippen LogP contribution >= 0.6 is 0 Å². The number of benzene rings is 1. The molecule has 0 fully saturated rings. The second kappa shape index (κ2) is 4.53. The van der Waals surface area contributed by atoms with Gasteiger partial charge in [-0.25, -0.2) is 0 Å². The van der Waals surface area contributed by atoms with Gasteiger partial charge in [0.05, 0.1) is 18.3 Å². The third-order valence-electron chi connectivity index (χ3n) is 2.60. The predicted octanol–water partition coefficient (Wildman–Crippen LogP) is 1.30. The van der Waals surface area contributed by atoms with Crippen LogP contribution in [0.5, 0.6) is 5.75 Å². The number of hydrogen-bond acceptors (Lipinski definition) is 3. The Morgan fingerprint density at radius 3 is 3.12 bits per heavy atom. The highest BCUT2D eigenvalue weighted by atomic mass is 16.5. The Morgan fingerprint density at radius 1 is 1.56 bits per heavy atom. The maximum absolute atomic E-state index is 11.5. The van der Waals surface area contributed by atoms with Gasteiger partial charge in [0.2, 0.25) is 5.91 Å². The quantitative estimate of drug-likeness (QED) is 0.789. The van der Waals surface area contributed by atoms with E-state index in [1.165, 1.54) is 0 Å². The van der Waals surface area contributed by atoms with Crippen LogP contribution in [0.4, 0.5) is 5.69 Å². The summed E-state index contributed by atoms with van der Waals surface area (Å²) in [6, 6.07) is 5.27. The third-order valence-corrected chi connectivity index (χ3v) is 2.60. The number of para-hydroxylation sites is 1. The van der Waals surface area contributed by atoms with Crippen molar-refractivity contribution in [1.82, 2.24) is 0 Å². The molecule has 1 heterocycles. The summed E-state index contributed by atoms with van der Waals surface area (Å²) < 4.78 is 5.58. The molecule has 1 aromatic rings. The molecule has 2 rings (SSSR count). The molecule has 1 unspecified atom stereocenters. The van der Waals surface area contributed by atoms with E-state index in [-0.39, 0.29) is 5.91 Å². The molecule has 0 saturated heterocycles. The molecule has 86 valence electrons. The van der Waals surface area contributed by atoms with Crippen molar-refractivity contribution >= 4 is 11.6 Å². The van der Waals surface area contributed by atoms with E-state index in [1.807, 2.05) is 18.2 Å². The van der Waals surface area contributed by atoms with Gasteiger partial charge in [-0.2, -0.15) is 0 Å². The number of ether oxygens (including phenoxy) is 1. The Hall–Kier alpha value is -1.55. The molecule has 0 aromatic heterocycles. The number of amides is 1. The molecule has 4 heteroatoms. The Labute approximate surface area is 94.8 Å². The van der Waals surface area contributed by atoms with Crippen molar-refractivity contribution in [3.8, 4) is 5.75 Å². The minimum absolute atomic E-state index is 0.192. The highest BCUT2D eigenvalue weighted by Crippen LogP contribution is 2.32. The number of aryl methyl sites for hydroxylation is 1. The summed E-state index contributed by atoms with van der Waals surface area (Å²) in [5.74, 6) is 0.602. The summed E-state index contributed by atoms with van der Waals surface area (Å²) in [5, 5.41) is 2.78. The number of carbonyl (C=O) groups is 1. The first-order valence-corrected chi connectivity index (χ1v) is 5.49. The van der Waals surface area contributed by atoms with Gasteiger partial charge in [-0.05, 0) is 31.4 Å². The lowest BCUT2D eigenvalue weighted by Gasteiger charge is -2.20. The highest BCUT2D eigenvalue weighted by Gasteiger charge is 2.16. The molecule has 0 radical (unpaired) electrons. The molecule has 0 aliphatic carbocycles. The third kappa shape index (κ3) is 2.17. The van der Waals surface area contributed by atoms with Crippen molar-refractivity contribution in [2.45, 2.75) is 25.8 Å². The van der Waals surface area contributed by atoms with Gasteiger partial charge in [-0.15, -0.1) is 0 Å². The first-order valence-electron chi connectivity index (χ1n) is 5.49. The maximum atomic E-state index is 11.5. The van der Waals surface area contributed by atoms with Gasteiger partial charge in [-0.3, -0.25) is 4.79 Å². The minimum Gasteiger partial charge on any atom is -0.491 e. The van der Waals surface area contributed by atoms with Gasteiger partial charge in [0.15, 0.2) is 0 Å². The zero-order chi connectivity index (χ0) is 11.5. The number of fused-ring (bicyclic) bond motifs is 1. The zero-order valence-corrected chi connectivity index (χ0v) is 9.32. The predicted molar refractivity (Wildman–Crippen MR) is 62.5 cm³/mol. The summed E-state index contributed by atoms with van der Waals surface area (Å²) in [5.41, 5.74) is 7.38.